The van der Waals surface area contributed by atoms with Gasteiger partial charge >= 0.3 is 0 Å². The molecule has 0 spiro atoms. The third-order valence-electron chi connectivity index (χ3n) is 2.15. The molecule has 0 aliphatic rings. The topological polar surface area (TPSA) is 68.9 Å². The third-order valence-corrected chi connectivity index (χ3v) is 2.15. The van der Waals surface area contributed by atoms with E-state index in [9.17, 15) is 14.5 Å². The van der Waals surface area contributed by atoms with Crippen LogP contribution in [-0.2, 0) is 0 Å². The molecule has 0 N–H and O–H groups in total. The quantitative estimate of drug-likeness (QED) is 0.590. The third kappa shape index (κ3) is 2.41. The number of aryl methyl sites for hydroxylation is 1. The molecule has 2 aromatic rings. The van der Waals surface area contributed by atoms with E-state index in [-0.39, 0.29) is 11.5 Å². The van der Waals surface area contributed by atoms with Crippen molar-refractivity contribution >= 4 is 5.69 Å². The van der Waals surface area contributed by atoms with Crippen molar-refractivity contribution < 1.29 is 9.31 Å². The predicted octanol–water partition coefficient (Wildman–Crippen LogP) is 2.50. The number of benzene rings is 1. The zero-order valence-corrected chi connectivity index (χ0v) is 8.92. The fourth-order valence-electron chi connectivity index (χ4n) is 1.46. The summed E-state index contributed by atoms with van der Waals surface area (Å²) >= 11 is 0. The largest absolute Gasteiger partial charge is 0.270 e. The standard InChI is InChI=1S/C11H8FN3O2/c1-7-2-8(4-10(3-7)15(16)17)11-13-5-9(12)6-14-11/h2-6H,1H3. The molecule has 0 bridgehead atoms. The molecular formula is C11H8FN3O2. The minimum atomic E-state index is -0.545. The van der Waals surface area contributed by atoms with Gasteiger partial charge in [0.1, 0.15) is 0 Å². The van der Waals surface area contributed by atoms with Gasteiger partial charge in [-0.05, 0) is 18.6 Å². The summed E-state index contributed by atoms with van der Waals surface area (Å²) in [6.07, 6.45) is 2.05. The fraction of sp³-hybridized carbons (Fsp3) is 0.0909. The maximum absolute atomic E-state index is 12.7. The van der Waals surface area contributed by atoms with Gasteiger partial charge in [0.25, 0.3) is 5.69 Å². The Hall–Kier alpha value is -2.37. The van der Waals surface area contributed by atoms with E-state index in [2.05, 4.69) is 9.97 Å². The Bertz CT molecular complexity index is 569. The summed E-state index contributed by atoms with van der Waals surface area (Å²) in [5, 5.41) is 10.7. The van der Waals surface area contributed by atoms with Crippen LogP contribution < -0.4 is 0 Å². The van der Waals surface area contributed by atoms with Crippen molar-refractivity contribution in [2.75, 3.05) is 0 Å². The van der Waals surface area contributed by atoms with Crippen LogP contribution >= 0.6 is 0 Å². The van der Waals surface area contributed by atoms with Gasteiger partial charge in [0.15, 0.2) is 11.6 Å². The normalized spacial score (nSPS) is 10.2. The first-order valence-electron chi connectivity index (χ1n) is 4.80. The lowest BCUT2D eigenvalue weighted by atomic mass is 10.1. The minimum absolute atomic E-state index is 0.0343. The Kier molecular flexibility index (Phi) is 2.78. The summed E-state index contributed by atoms with van der Waals surface area (Å²) in [7, 11) is 0. The lowest BCUT2D eigenvalue weighted by molar-refractivity contribution is -0.384. The number of nitrogens with zero attached hydrogens (tertiary/aromatic N) is 3. The summed E-state index contributed by atoms with van der Waals surface area (Å²) in [6.45, 7) is 1.74. The van der Waals surface area contributed by atoms with Crippen LogP contribution in [0, 0.1) is 22.9 Å². The predicted molar refractivity (Wildman–Crippen MR) is 58.8 cm³/mol. The van der Waals surface area contributed by atoms with Gasteiger partial charge in [-0.25, -0.2) is 14.4 Å². The second-order valence-corrected chi connectivity index (χ2v) is 3.54. The van der Waals surface area contributed by atoms with Gasteiger partial charge in [0.05, 0.1) is 17.3 Å². The fourth-order valence-corrected chi connectivity index (χ4v) is 1.46. The molecule has 0 radical (unpaired) electrons. The SMILES string of the molecule is Cc1cc(-c2ncc(F)cn2)cc([N+](=O)[O-])c1. The van der Waals surface area contributed by atoms with Crippen LogP contribution in [-0.4, -0.2) is 14.9 Å². The van der Waals surface area contributed by atoms with E-state index in [0.29, 0.717) is 5.56 Å². The summed E-state index contributed by atoms with van der Waals surface area (Å²) in [4.78, 5) is 17.8. The van der Waals surface area contributed by atoms with E-state index in [4.69, 9.17) is 0 Å². The second kappa shape index (κ2) is 4.25. The van der Waals surface area contributed by atoms with Crippen molar-refractivity contribution in [3.8, 4) is 11.4 Å². The van der Waals surface area contributed by atoms with Crippen LogP contribution in [0.5, 0.6) is 0 Å². The second-order valence-electron chi connectivity index (χ2n) is 3.54. The molecule has 0 amide bonds. The average molecular weight is 233 g/mol. The number of nitro benzene ring substituents is 1. The van der Waals surface area contributed by atoms with Crippen molar-refractivity contribution in [3.05, 3.63) is 52.1 Å². The van der Waals surface area contributed by atoms with E-state index in [1.165, 1.54) is 12.1 Å². The molecule has 0 fully saturated rings. The molecule has 17 heavy (non-hydrogen) atoms. The van der Waals surface area contributed by atoms with Gasteiger partial charge in [-0.15, -0.1) is 0 Å². The number of hydrogen-bond acceptors (Lipinski definition) is 4. The molecule has 1 aromatic carbocycles. The lowest BCUT2D eigenvalue weighted by Crippen LogP contribution is -1.93. The lowest BCUT2D eigenvalue weighted by Gasteiger charge is -2.01. The Labute approximate surface area is 96.1 Å². The maximum atomic E-state index is 12.7. The van der Waals surface area contributed by atoms with Crippen molar-refractivity contribution in [1.29, 1.82) is 0 Å². The molecule has 0 saturated heterocycles. The molecule has 0 aliphatic carbocycles. The number of rotatable bonds is 2. The van der Waals surface area contributed by atoms with Crippen molar-refractivity contribution in [3.63, 3.8) is 0 Å². The van der Waals surface area contributed by atoms with Gasteiger partial charge in [-0.1, -0.05) is 0 Å². The molecular weight excluding hydrogens is 225 g/mol. The average Bonchev–Trinajstić information content (AvgIpc) is 2.29. The monoisotopic (exact) mass is 233 g/mol. The van der Waals surface area contributed by atoms with E-state index in [1.807, 2.05) is 0 Å². The number of hydrogen-bond donors (Lipinski definition) is 0. The van der Waals surface area contributed by atoms with Gasteiger partial charge in [-0.3, -0.25) is 10.1 Å². The van der Waals surface area contributed by atoms with Crippen molar-refractivity contribution in [2.24, 2.45) is 0 Å². The number of nitro groups is 1. The van der Waals surface area contributed by atoms with Gasteiger partial charge in [0.2, 0.25) is 0 Å². The van der Waals surface area contributed by atoms with Gasteiger partial charge in [-0.2, -0.15) is 0 Å². The van der Waals surface area contributed by atoms with E-state index < -0.39 is 10.7 Å². The Morgan fingerprint density at radius 3 is 2.47 bits per heavy atom. The molecule has 0 atom stereocenters. The molecule has 86 valence electrons. The highest BCUT2D eigenvalue weighted by Gasteiger charge is 2.10. The molecule has 1 aromatic heterocycles. The highest BCUT2D eigenvalue weighted by molar-refractivity contribution is 5.60. The molecule has 0 saturated carbocycles. The summed E-state index contributed by atoms with van der Waals surface area (Å²) in [6, 6.07) is 4.52. The number of halogens is 1. The van der Waals surface area contributed by atoms with Crippen LogP contribution in [0.25, 0.3) is 11.4 Å². The van der Waals surface area contributed by atoms with Crippen LogP contribution in [0.15, 0.2) is 30.6 Å². The van der Waals surface area contributed by atoms with Crippen molar-refractivity contribution in [1.82, 2.24) is 9.97 Å². The Morgan fingerprint density at radius 2 is 1.88 bits per heavy atom. The summed E-state index contributed by atoms with van der Waals surface area (Å²) in [5.74, 6) is -0.283. The molecule has 1 heterocycles. The van der Waals surface area contributed by atoms with Crippen molar-refractivity contribution in [2.45, 2.75) is 6.92 Å². The molecule has 0 unspecified atom stereocenters. The van der Waals surface area contributed by atoms with E-state index in [1.54, 1.807) is 13.0 Å². The Morgan fingerprint density at radius 1 is 1.24 bits per heavy atom. The zero-order chi connectivity index (χ0) is 12.4. The summed E-state index contributed by atoms with van der Waals surface area (Å²) in [5.41, 5.74) is 1.19. The maximum Gasteiger partial charge on any atom is 0.270 e. The van der Waals surface area contributed by atoms with E-state index in [0.717, 1.165) is 18.0 Å². The minimum Gasteiger partial charge on any atom is -0.258 e. The highest BCUT2D eigenvalue weighted by atomic mass is 19.1. The first kappa shape index (κ1) is 11.1. The number of non-ortho nitro benzene ring substituents is 1. The molecule has 2 rings (SSSR count). The van der Waals surface area contributed by atoms with Crippen LogP contribution in [0.1, 0.15) is 5.56 Å². The first-order valence-corrected chi connectivity index (χ1v) is 4.80. The first-order chi connectivity index (χ1) is 8.06. The smallest absolute Gasteiger partial charge is 0.258 e. The van der Waals surface area contributed by atoms with Crippen LogP contribution in [0.4, 0.5) is 10.1 Å². The van der Waals surface area contributed by atoms with Crippen LogP contribution in [0.2, 0.25) is 0 Å². The highest BCUT2D eigenvalue weighted by Crippen LogP contribution is 2.23. The molecule has 6 heteroatoms. The van der Waals surface area contributed by atoms with Gasteiger partial charge < -0.3 is 0 Å². The molecule has 5 nitrogen and oxygen atoms in total. The van der Waals surface area contributed by atoms with Crippen LogP contribution in [0.3, 0.4) is 0 Å². The molecule has 0 aliphatic heterocycles. The summed E-state index contributed by atoms with van der Waals surface area (Å²) < 4.78 is 12.7. The number of aromatic nitrogens is 2. The van der Waals surface area contributed by atoms with Gasteiger partial charge in [0, 0.05) is 17.7 Å². The Balaban J connectivity index is 2.51. The van der Waals surface area contributed by atoms with E-state index >= 15 is 0 Å². The zero-order valence-electron chi connectivity index (χ0n) is 8.92.